The summed E-state index contributed by atoms with van der Waals surface area (Å²) >= 11 is 0. The van der Waals surface area contributed by atoms with E-state index < -0.39 is 61.5 Å². The predicted octanol–water partition coefficient (Wildman–Crippen LogP) is 8.47. The van der Waals surface area contributed by atoms with Crippen molar-refractivity contribution >= 4 is 5.91 Å². The van der Waals surface area contributed by atoms with E-state index in [4.69, 9.17) is 9.47 Å². The van der Waals surface area contributed by atoms with E-state index in [1.165, 1.54) is 128 Å². The number of carbonyl (C=O) groups excluding carboxylic acids is 1. The van der Waals surface area contributed by atoms with Crippen molar-refractivity contribution in [3.05, 3.63) is 24.3 Å². The lowest BCUT2D eigenvalue weighted by molar-refractivity contribution is -0.302. The van der Waals surface area contributed by atoms with Crippen LogP contribution in [0, 0.1) is 0 Å². The fourth-order valence-electron chi connectivity index (χ4n) is 7.27. The Kier molecular flexibility index (Phi) is 34.5. The molecule has 56 heavy (non-hydrogen) atoms. The van der Waals surface area contributed by atoms with Crippen LogP contribution >= 0.6 is 0 Å². The van der Waals surface area contributed by atoms with Crippen LogP contribution in [0.15, 0.2) is 24.3 Å². The molecule has 0 aliphatic carbocycles. The van der Waals surface area contributed by atoms with E-state index >= 15 is 0 Å². The SMILES string of the molecule is CCCCCCCCCCC/C=C\CCCCCCCCC(O)C(=O)NC(COC1OC(CO)C(O)C(O)C1O)C(O)/C=C/CCCCCCCCCCCC. The fourth-order valence-corrected chi connectivity index (χ4v) is 7.27. The molecule has 330 valence electrons. The van der Waals surface area contributed by atoms with Crippen molar-refractivity contribution in [2.24, 2.45) is 0 Å². The highest BCUT2D eigenvalue weighted by molar-refractivity contribution is 5.80. The summed E-state index contributed by atoms with van der Waals surface area (Å²) in [6, 6.07) is -0.979. The van der Waals surface area contributed by atoms with Crippen molar-refractivity contribution in [3.8, 4) is 0 Å². The highest BCUT2D eigenvalue weighted by Crippen LogP contribution is 2.23. The molecular formula is C46H87NO9. The summed E-state index contributed by atoms with van der Waals surface area (Å²) in [5.41, 5.74) is 0. The molecule has 0 saturated carbocycles. The van der Waals surface area contributed by atoms with Gasteiger partial charge in [-0.2, -0.15) is 0 Å². The van der Waals surface area contributed by atoms with Gasteiger partial charge in [0.15, 0.2) is 6.29 Å². The minimum atomic E-state index is -1.61. The molecule has 10 heteroatoms. The van der Waals surface area contributed by atoms with Crippen molar-refractivity contribution < 1.29 is 44.9 Å². The first-order valence-electron chi connectivity index (χ1n) is 23.2. The number of hydrogen-bond donors (Lipinski definition) is 7. The van der Waals surface area contributed by atoms with Crippen LogP contribution in [0.2, 0.25) is 0 Å². The Morgan fingerprint density at radius 1 is 0.607 bits per heavy atom. The third-order valence-electron chi connectivity index (χ3n) is 11.1. The first-order valence-corrected chi connectivity index (χ1v) is 23.2. The van der Waals surface area contributed by atoms with Gasteiger partial charge in [0.2, 0.25) is 5.91 Å². The van der Waals surface area contributed by atoms with Gasteiger partial charge in [-0.1, -0.05) is 179 Å². The van der Waals surface area contributed by atoms with Crippen LogP contribution in [0.3, 0.4) is 0 Å². The molecule has 1 heterocycles. The van der Waals surface area contributed by atoms with Crippen LogP contribution in [0.1, 0.15) is 200 Å². The largest absolute Gasteiger partial charge is 0.394 e. The van der Waals surface area contributed by atoms with Crippen molar-refractivity contribution in [3.63, 3.8) is 0 Å². The van der Waals surface area contributed by atoms with Gasteiger partial charge >= 0.3 is 0 Å². The van der Waals surface area contributed by atoms with E-state index in [1.807, 2.05) is 6.08 Å². The minimum absolute atomic E-state index is 0.304. The third kappa shape index (κ3) is 26.6. The zero-order valence-corrected chi connectivity index (χ0v) is 35.8. The lowest BCUT2D eigenvalue weighted by atomic mass is 9.99. The van der Waals surface area contributed by atoms with E-state index in [0.717, 1.165) is 44.9 Å². The smallest absolute Gasteiger partial charge is 0.249 e. The maximum atomic E-state index is 13.0. The second-order valence-electron chi connectivity index (χ2n) is 16.3. The first-order chi connectivity index (χ1) is 27.3. The van der Waals surface area contributed by atoms with Crippen LogP contribution in [0.5, 0.6) is 0 Å². The summed E-state index contributed by atoms with van der Waals surface area (Å²) < 4.78 is 11.1. The van der Waals surface area contributed by atoms with Crippen molar-refractivity contribution in [1.82, 2.24) is 5.32 Å². The zero-order valence-electron chi connectivity index (χ0n) is 35.8. The molecule has 0 aromatic heterocycles. The van der Waals surface area contributed by atoms with Gasteiger partial charge in [-0.15, -0.1) is 0 Å². The molecule has 8 atom stereocenters. The molecule has 1 aliphatic rings. The number of aliphatic hydroxyl groups excluding tert-OH is 6. The number of nitrogens with one attached hydrogen (secondary N) is 1. The molecule has 10 nitrogen and oxygen atoms in total. The number of aliphatic hydroxyl groups is 6. The summed E-state index contributed by atoms with van der Waals surface area (Å²) in [6.07, 6.45) is 32.6. The molecule has 1 aliphatic heterocycles. The molecule has 0 spiro atoms. The molecule has 1 amide bonds. The van der Waals surface area contributed by atoms with Gasteiger partial charge in [0.1, 0.15) is 30.5 Å². The van der Waals surface area contributed by atoms with Crippen LogP contribution in [-0.2, 0) is 14.3 Å². The lowest BCUT2D eigenvalue weighted by Gasteiger charge is -2.40. The van der Waals surface area contributed by atoms with Gasteiger partial charge in [0, 0.05) is 0 Å². The molecule has 0 radical (unpaired) electrons. The summed E-state index contributed by atoms with van der Waals surface area (Å²) in [6.45, 7) is 3.59. The molecule has 1 fully saturated rings. The Balaban J connectivity index is 2.39. The number of ether oxygens (including phenoxy) is 2. The minimum Gasteiger partial charge on any atom is -0.394 e. The number of amides is 1. The topological polar surface area (TPSA) is 169 Å². The molecule has 1 rings (SSSR count). The van der Waals surface area contributed by atoms with Crippen LogP contribution in [0.25, 0.3) is 0 Å². The fraction of sp³-hybridized carbons (Fsp3) is 0.891. The quantitative estimate of drug-likeness (QED) is 0.0239. The van der Waals surface area contributed by atoms with E-state index in [2.05, 4.69) is 31.3 Å². The normalized spacial score (nSPS) is 21.9. The lowest BCUT2D eigenvalue weighted by Crippen LogP contribution is -2.60. The third-order valence-corrected chi connectivity index (χ3v) is 11.1. The van der Waals surface area contributed by atoms with Gasteiger partial charge in [0.05, 0.1) is 25.4 Å². The van der Waals surface area contributed by atoms with Gasteiger partial charge in [-0.3, -0.25) is 4.79 Å². The number of carbonyl (C=O) groups is 1. The van der Waals surface area contributed by atoms with E-state index in [0.29, 0.717) is 12.8 Å². The Morgan fingerprint density at radius 3 is 1.50 bits per heavy atom. The molecule has 7 N–H and O–H groups in total. The van der Waals surface area contributed by atoms with Crippen molar-refractivity contribution in [2.45, 2.75) is 249 Å². The second-order valence-corrected chi connectivity index (χ2v) is 16.3. The summed E-state index contributed by atoms with van der Waals surface area (Å²) in [7, 11) is 0. The summed E-state index contributed by atoms with van der Waals surface area (Å²) in [4.78, 5) is 13.0. The number of unbranched alkanes of at least 4 members (excludes halogenated alkanes) is 25. The highest BCUT2D eigenvalue weighted by Gasteiger charge is 2.44. The Morgan fingerprint density at radius 2 is 1.04 bits per heavy atom. The number of rotatable bonds is 38. The molecule has 1 saturated heterocycles. The molecule has 0 aromatic rings. The van der Waals surface area contributed by atoms with Crippen LogP contribution in [-0.4, -0.2) is 98.7 Å². The van der Waals surface area contributed by atoms with Crippen molar-refractivity contribution in [1.29, 1.82) is 0 Å². The van der Waals surface area contributed by atoms with Gasteiger partial charge < -0.3 is 45.4 Å². The molecule has 0 aromatic carbocycles. The molecular weight excluding hydrogens is 711 g/mol. The average Bonchev–Trinajstić information content (AvgIpc) is 3.20. The van der Waals surface area contributed by atoms with Gasteiger partial charge in [-0.05, 0) is 44.9 Å². The van der Waals surface area contributed by atoms with E-state index in [9.17, 15) is 35.4 Å². The van der Waals surface area contributed by atoms with E-state index in [1.54, 1.807) is 6.08 Å². The molecule has 0 bridgehead atoms. The van der Waals surface area contributed by atoms with Crippen LogP contribution < -0.4 is 5.32 Å². The van der Waals surface area contributed by atoms with Gasteiger partial charge in [0.25, 0.3) is 0 Å². The standard InChI is InChI=1S/C46H87NO9/c1-3-5-7-9-11-13-15-17-18-19-20-21-22-23-25-27-29-31-33-35-40(50)45(54)47-38(37-55-46-44(53)43(52)42(51)41(36-48)56-46)39(49)34-32-30-28-26-24-16-14-12-10-8-6-4-2/h20-21,32,34,38-44,46,48-53H,3-19,22-31,33,35-37H2,1-2H3,(H,47,54)/b21-20-,34-32+. The Hall–Kier alpha value is -1.37. The summed E-state index contributed by atoms with van der Waals surface area (Å²) in [5.74, 6) is -0.622. The number of allylic oxidation sites excluding steroid dienone is 3. The monoisotopic (exact) mass is 798 g/mol. The summed E-state index contributed by atoms with van der Waals surface area (Å²) in [5, 5.41) is 64.6. The second kappa shape index (κ2) is 36.7. The van der Waals surface area contributed by atoms with E-state index in [-0.39, 0.29) is 6.61 Å². The number of hydrogen-bond acceptors (Lipinski definition) is 9. The average molecular weight is 798 g/mol. The zero-order chi connectivity index (χ0) is 41.1. The van der Waals surface area contributed by atoms with Crippen LogP contribution in [0.4, 0.5) is 0 Å². The first kappa shape index (κ1) is 52.6. The Labute approximate surface area is 341 Å². The molecule has 8 unspecified atom stereocenters. The Bertz CT molecular complexity index is 948. The maximum Gasteiger partial charge on any atom is 0.249 e. The van der Waals surface area contributed by atoms with Crippen molar-refractivity contribution in [2.75, 3.05) is 13.2 Å². The maximum absolute atomic E-state index is 13.0. The highest BCUT2D eigenvalue weighted by atomic mass is 16.7. The predicted molar refractivity (Wildman–Crippen MR) is 227 cm³/mol. The van der Waals surface area contributed by atoms with Gasteiger partial charge in [-0.25, -0.2) is 0 Å².